The number of hydrogen-bond acceptors (Lipinski definition) is 3. The van der Waals surface area contributed by atoms with Crippen LogP contribution in [0.15, 0.2) is 18.2 Å². The zero-order valence-electron chi connectivity index (χ0n) is 11.6. The van der Waals surface area contributed by atoms with Gasteiger partial charge in [0.25, 0.3) is 0 Å². The van der Waals surface area contributed by atoms with Crippen molar-refractivity contribution in [1.82, 2.24) is 4.90 Å². The molecule has 0 bridgehead atoms. The van der Waals surface area contributed by atoms with Gasteiger partial charge in [-0.25, -0.2) is 0 Å². The fraction of sp³-hybridized carbons (Fsp3) is 0.600. The molecule has 1 aliphatic heterocycles. The number of nitrogens with zero attached hydrogens (tertiary/aromatic N) is 1. The average molecular weight is 248 g/mol. The van der Waals surface area contributed by atoms with Crippen LogP contribution in [0.1, 0.15) is 31.4 Å². The monoisotopic (exact) mass is 248 g/mol. The summed E-state index contributed by atoms with van der Waals surface area (Å²) < 4.78 is 5.39. The van der Waals surface area contributed by atoms with Crippen molar-refractivity contribution in [2.24, 2.45) is 11.7 Å². The molecule has 0 amide bonds. The van der Waals surface area contributed by atoms with E-state index in [0.717, 1.165) is 23.8 Å². The summed E-state index contributed by atoms with van der Waals surface area (Å²) in [5, 5.41) is 0. The quantitative estimate of drug-likeness (QED) is 0.889. The smallest absolute Gasteiger partial charge is 0.123 e. The summed E-state index contributed by atoms with van der Waals surface area (Å²) in [6.07, 6.45) is 1.30. The lowest BCUT2D eigenvalue weighted by Crippen LogP contribution is -2.26. The van der Waals surface area contributed by atoms with Gasteiger partial charge in [-0.15, -0.1) is 0 Å². The molecular formula is C15H24N2O. The summed E-state index contributed by atoms with van der Waals surface area (Å²) in [6.45, 7) is 7.37. The van der Waals surface area contributed by atoms with Gasteiger partial charge < -0.3 is 10.5 Å². The summed E-state index contributed by atoms with van der Waals surface area (Å²) in [4.78, 5) is 2.54. The molecule has 1 saturated heterocycles. The molecule has 0 saturated carbocycles. The standard InChI is InChI=1S/C15H24N2O/c1-11-6-12(2)17(9-11)10-13-4-5-14(8-16)15(7-13)18-3/h4-5,7,11-12H,6,8-10,16H2,1-3H3. The van der Waals surface area contributed by atoms with Crippen LogP contribution in [0.4, 0.5) is 0 Å². The SMILES string of the molecule is COc1cc(CN2CC(C)CC2C)ccc1CN. The molecule has 1 fully saturated rings. The maximum atomic E-state index is 5.69. The van der Waals surface area contributed by atoms with Crippen LogP contribution in [-0.4, -0.2) is 24.6 Å². The van der Waals surface area contributed by atoms with Gasteiger partial charge in [-0.05, 0) is 30.9 Å². The Morgan fingerprint density at radius 3 is 2.72 bits per heavy atom. The number of rotatable bonds is 4. The van der Waals surface area contributed by atoms with Crippen molar-refractivity contribution < 1.29 is 4.74 Å². The van der Waals surface area contributed by atoms with Gasteiger partial charge in [0.05, 0.1) is 7.11 Å². The predicted octanol–water partition coefficient (Wildman–Crippen LogP) is 2.38. The van der Waals surface area contributed by atoms with Crippen molar-refractivity contribution >= 4 is 0 Å². The first kappa shape index (κ1) is 13.4. The second kappa shape index (κ2) is 5.72. The van der Waals surface area contributed by atoms with Gasteiger partial charge in [-0.1, -0.05) is 19.1 Å². The van der Waals surface area contributed by atoms with Gasteiger partial charge in [-0.3, -0.25) is 4.90 Å². The molecule has 2 unspecified atom stereocenters. The molecule has 100 valence electrons. The van der Waals surface area contributed by atoms with Crippen LogP contribution in [0.2, 0.25) is 0 Å². The van der Waals surface area contributed by atoms with E-state index in [-0.39, 0.29) is 0 Å². The molecular weight excluding hydrogens is 224 g/mol. The van der Waals surface area contributed by atoms with Crippen LogP contribution in [0, 0.1) is 5.92 Å². The molecule has 1 aromatic rings. The Hall–Kier alpha value is -1.06. The molecule has 1 heterocycles. The van der Waals surface area contributed by atoms with Crippen molar-refractivity contribution in [2.45, 2.75) is 39.4 Å². The number of hydrogen-bond donors (Lipinski definition) is 1. The highest BCUT2D eigenvalue weighted by molar-refractivity contribution is 5.37. The zero-order chi connectivity index (χ0) is 13.1. The minimum absolute atomic E-state index is 0.528. The van der Waals surface area contributed by atoms with E-state index in [4.69, 9.17) is 10.5 Å². The third-order valence-corrected chi connectivity index (χ3v) is 3.87. The highest BCUT2D eigenvalue weighted by Gasteiger charge is 2.25. The lowest BCUT2D eigenvalue weighted by atomic mass is 10.1. The van der Waals surface area contributed by atoms with E-state index < -0.39 is 0 Å². The van der Waals surface area contributed by atoms with Crippen molar-refractivity contribution in [3.05, 3.63) is 29.3 Å². The van der Waals surface area contributed by atoms with E-state index in [1.165, 1.54) is 18.5 Å². The van der Waals surface area contributed by atoms with Crippen LogP contribution in [0.5, 0.6) is 5.75 Å². The maximum absolute atomic E-state index is 5.69. The molecule has 3 heteroatoms. The van der Waals surface area contributed by atoms with E-state index in [2.05, 4.69) is 36.9 Å². The van der Waals surface area contributed by atoms with Crippen LogP contribution in [0.3, 0.4) is 0 Å². The topological polar surface area (TPSA) is 38.5 Å². The Balaban J connectivity index is 2.10. The van der Waals surface area contributed by atoms with Crippen LogP contribution in [-0.2, 0) is 13.1 Å². The van der Waals surface area contributed by atoms with E-state index in [1.54, 1.807) is 7.11 Å². The van der Waals surface area contributed by atoms with Gasteiger partial charge in [0.15, 0.2) is 0 Å². The Kier molecular flexibility index (Phi) is 4.25. The van der Waals surface area contributed by atoms with Crippen molar-refractivity contribution in [2.75, 3.05) is 13.7 Å². The molecule has 1 aliphatic rings. The molecule has 3 nitrogen and oxygen atoms in total. The van der Waals surface area contributed by atoms with E-state index >= 15 is 0 Å². The first-order chi connectivity index (χ1) is 8.63. The first-order valence-electron chi connectivity index (χ1n) is 6.74. The Morgan fingerprint density at radius 2 is 2.17 bits per heavy atom. The number of nitrogens with two attached hydrogens (primary N) is 1. The molecule has 0 radical (unpaired) electrons. The summed E-state index contributed by atoms with van der Waals surface area (Å²) in [7, 11) is 1.71. The normalized spacial score (nSPS) is 24.4. The van der Waals surface area contributed by atoms with Crippen molar-refractivity contribution in [3.63, 3.8) is 0 Å². The van der Waals surface area contributed by atoms with Gasteiger partial charge in [0.1, 0.15) is 5.75 Å². The molecule has 0 spiro atoms. The molecule has 0 aliphatic carbocycles. The Morgan fingerprint density at radius 1 is 1.39 bits per heavy atom. The lowest BCUT2D eigenvalue weighted by molar-refractivity contribution is 0.256. The molecule has 18 heavy (non-hydrogen) atoms. The fourth-order valence-corrected chi connectivity index (χ4v) is 2.90. The van der Waals surface area contributed by atoms with Crippen molar-refractivity contribution in [3.8, 4) is 5.75 Å². The lowest BCUT2D eigenvalue weighted by Gasteiger charge is -2.21. The number of benzene rings is 1. The van der Waals surface area contributed by atoms with E-state index in [0.29, 0.717) is 12.6 Å². The molecule has 2 rings (SSSR count). The van der Waals surface area contributed by atoms with E-state index in [1.807, 2.05) is 0 Å². The summed E-state index contributed by atoms with van der Waals surface area (Å²) in [5.41, 5.74) is 8.07. The highest BCUT2D eigenvalue weighted by atomic mass is 16.5. The summed E-state index contributed by atoms with van der Waals surface area (Å²) >= 11 is 0. The largest absolute Gasteiger partial charge is 0.496 e. The highest BCUT2D eigenvalue weighted by Crippen LogP contribution is 2.26. The molecule has 2 N–H and O–H groups in total. The van der Waals surface area contributed by atoms with Crippen LogP contribution >= 0.6 is 0 Å². The average Bonchev–Trinajstić information content (AvgIpc) is 2.67. The van der Waals surface area contributed by atoms with Gasteiger partial charge in [-0.2, -0.15) is 0 Å². The predicted molar refractivity (Wildman–Crippen MR) is 74.5 cm³/mol. The Bertz CT molecular complexity index is 405. The zero-order valence-corrected chi connectivity index (χ0v) is 11.6. The fourth-order valence-electron chi connectivity index (χ4n) is 2.90. The van der Waals surface area contributed by atoms with Crippen molar-refractivity contribution in [1.29, 1.82) is 0 Å². The second-order valence-electron chi connectivity index (χ2n) is 5.47. The number of methoxy groups -OCH3 is 1. The maximum Gasteiger partial charge on any atom is 0.123 e. The summed E-state index contributed by atoms with van der Waals surface area (Å²) in [6, 6.07) is 7.05. The Labute approximate surface area is 110 Å². The van der Waals surface area contributed by atoms with Gasteiger partial charge in [0.2, 0.25) is 0 Å². The second-order valence-corrected chi connectivity index (χ2v) is 5.47. The first-order valence-corrected chi connectivity index (χ1v) is 6.74. The van der Waals surface area contributed by atoms with E-state index in [9.17, 15) is 0 Å². The minimum Gasteiger partial charge on any atom is -0.496 e. The third-order valence-electron chi connectivity index (χ3n) is 3.87. The minimum atomic E-state index is 0.528. The third kappa shape index (κ3) is 2.85. The number of ether oxygens (including phenoxy) is 1. The number of likely N-dealkylation sites (tertiary alicyclic amines) is 1. The molecule has 1 aromatic carbocycles. The molecule has 0 aromatic heterocycles. The summed E-state index contributed by atoms with van der Waals surface area (Å²) in [5.74, 6) is 1.72. The van der Waals surface area contributed by atoms with Crippen LogP contribution in [0.25, 0.3) is 0 Å². The van der Waals surface area contributed by atoms with Gasteiger partial charge >= 0.3 is 0 Å². The van der Waals surface area contributed by atoms with Gasteiger partial charge in [0, 0.05) is 31.2 Å². The van der Waals surface area contributed by atoms with Crippen LogP contribution < -0.4 is 10.5 Å². The molecule has 2 atom stereocenters.